The maximum atomic E-state index is 5.94. The third-order valence-electron chi connectivity index (χ3n) is 3.76. The van der Waals surface area contributed by atoms with Gasteiger partial charge in [-0.2, -0.15) is 0 Å². The van der Waals surface area contributed by atoms with E-state index in [1.54, 1.807) is 0 Å². The minimum atomic E-state index is 0.426. The zero-order valence-electron chi connectivity index (χ0n) is 10.5. The van der Waals surface area contributed by atoms with Crippen LogP contribution in [0.1, 0.15) is 58.8 Å². The third kappa shape index (κ3) is 4.52. The van der Waals surface area contributed by atoms with Crippen molar-refractivity contribution in [2.45, 2.75) is 70.9 Å². The molecule has 1 rings (SSSR count). The predicted octanol–water partition coefficient (Wildman–Crippen LogP) is 2.77. The fourth-order valence-corrected chi connectivity index (χ4v) is 2.58. The normalized spacial score (nSPS) is 25.4. The van der Waals surface area contributed by atoms with E-state index in [9.17, 15) is 0 Å². The SMILES string of the molecule is CCC(N)CCCN1CCCCC1CC. The van der Waals surface area contributed by atoms with Gasteiger partial charge in [0.1, 0.15) is 0 Å². The fourth-order valence-electron chi connectivity index (χ4n) is 2.58. The Bertz CT molecular complexity index is 159. The van der Waals surface area contributed by atoms with Crippen LogP contribution in [0, 0.1) is 0 Å². The van der Waals surface area contributed by atoms with Gasteiger partial charge in [0.2, 0.25) is 0 Å². The first-order valence-electron chi connectivity index (χ1n) is 6.77. The van der Waals surface area contributed by atoms with Crippen molar-refractivity contribution >= 4 is 0 Å². The number of likely N-dealkylation sites (tertiary alicyclic amines) is 1. The average molecular weight is 212 g/mol. The molecule has 2 N–H and O–H groups in total. The summed E-state index contributed by atoms with van der Waals surface area (Å²) >= 11 is 0. The maximum absolute atomic E-state index is 5.94. The van der Waals surface area contributed by atoms with E-state index in [4.69, 9.17) is 5.73 Å². The number of nitrogens with zero attached hydrogens (tertiary/aromatic N) is 1. The van der Waals surface area contributed by atoms with E-state index in [1.807, 2.05) is 0 Å². The molecule has 0 aliphatic carbocycles. The molecule has 2 nitrogen and oxygen atoms in total. The van der Waals surface area contributed by atoms with Crippen LogP contribution in [0.15, 0.2) is 0 Å². The van der Waals surface area contributed by atoms with Crippen LogP contribution < -0.4 is 5.73 Å². The molecule has 2 heteroatoms. The minimum Gasteiger partial charge on any atom is -0.328 e. The largest absolute Gasteiger partial charge is 0.328 e. The molecule has 90 valence electrons. The molecule has 2 unspecified atom stereocenters. The van der Waals surface area contributed by atoms with Crippen LogP contribution in [0.2, 0.25) is 0 Å². The van der Waals surface area contributed by atoms with Crippen molar-refractivity contribution < 1.29 is 0 Å². The summed E-state index contributed by atoms with van der Waals surface area (Å²) in [7, 11) is 0. The van der Waals surface area contributed by atoms with Gasteiger partial charge in [0.15, 0.2) is 0 Å². The van der Waals surface area contributed by atoms with Crippen LogP contribution in [0.5, 0.6) is 0 Å². The molecule has 0 bridgehead atoms. The lowest BCUT2D eigenvalue weighted by molar-refractivity contribution is 0.140. The number of hydrogen-bond donors (Lipinski definition) is 1. The lowest BCUT2D eigenvalue weighted by Crippen LogP contribution is -2.40. The van der Waals surface area contributed by atoms with E-state index >= 15 is 0 Å². The molecule has 15 heavy (non-hydrogen) atoms. The summed E-state index contributed by atoms with van der Waals surface area (Å²) in [6.07, 6.45) is 9.17. The summed E-state index contributed by atoms with van der Waals surface area (Å²) in [6.45, 7) is 7.09. The lowest BCUT2D eigenvalue weighted by atomic mass is 9.99. The first kappa shape index (κ1) is 13.0. The molecule has 1 fully saturated rings. The number of piperidine rings is 1. The number of nitrogens with two attached hydrogens (primary N) is 1. The molecular formula is C13H28N2. The zero-order chi connectivity index (χ0) is 11.1. The lowest BCUT2D eigenvalue weighted by Gasteiger charge is -2.35. The zero-order valence-corrected chi connectivity index (χ0v) is 10.5. The van der Waals surface area contributed by atoms with Crippen molar-refractivity contribution in [1.29, 1.82) is 0 Å². The Morgan fingerprint density at radius 1 is 1.33 bits per heavy atom. The summed E-state index contributed by atoms with van der Waals surface area (Å²) in [6, 6.07) is 1.28. The van der Waals surface area contributed by atoms with Crippen LogP contribution in [0.4, 0.5) is 0 Å². The molecule has 0 saturated carbocycles. The molecule has 0 aromatic rings. The van der Waals surface area contributed by atoms with Crippen molar-refractivity contribution in [3.63, 3.8) is 0 Å². The van der Waals surface area contributed by atoms with Gasteiger partial charge in [-0.15, -0.1) is 0 Å². The van der Waals surface area contributed by atoms with Crippen molar-refractivity contribution in [1.82, 2.24) is 4.90 Å². The van der Waals surface area contributed by atoms with Crippen LogP contribution >= 0.6 is 0 Å². The second-order valence-electron chi connectivity index (χ2n) is 4.90. The Kier molecular flexibility index (Phi) is 6.26. The highest BCUT2D eigenvalue weighted by Gasteiger charge is 2.19. The van der Waals surface area contributed by atoms with Crippen LogP contribution in [-0.2, 0) is 0 Å². The average Bonchev–Trinajstić information content (AvgIpc) is 2.29. The van der Waals surface area contributed by atoms with Crippen molar-refractivity contribution in [2.75, 3.05) is 13.1 Å². The minimum absolute atomic E-state index is 0.426. The quantitative estimate of drug-likeness (QED) is 0.733. The van der Waals surface area contributed by atoms with Gasteiger partial charge in [0.25, 0.3) is 0 Å². The summed E-state index contributed by atoms with van der Waals surface area (Å²) in [5, 5.41) is 0. The maximum Gasteiger partial charge on any atom is 0.00926 e. The van der Waals surface area contributed by atoms with E-state index < -0.39 is 0 Å². The van der Waals surface area contributed by atoms with Gasteiger partial charge in [-0.05, 0) is 51.6 Å². The van der Waals surface area contributed by atoms with E-state index in [0.717, 1.165) is 12.5 Å². The van der Waals surface area contributed by atoms with Gasteiger partial charge in [0, 0.05) is 12.1 Å². The van der Waals surface area contributed by atoms with Gasteiger partial charge in [-0.3, -0.25) is 0 Å². The molecule has 0 aromatic heterocycles. The van der Waals surface area contributed by atoms with E-state index in [-0.39, 0.29) is 0 Å². The van der Waals surface area contributed by atoms with Gasteiger partial charge in [0.05, 0.1) is 0 Å². The Hall–Kier alpha value is -0.0800. The third-order valence-corrected chi connectivity index (χ3v) is 3.76. The van der Waals surface area contributed by atoms with Gasteiger partial charge in [-0.25, -0.2) is 0 Å². The first-order valence-corrected chi connectivity index (χ1v) is 6.77. The van der Waals surface area contributed by atoms with Crippen molar-refractivity contribution in [2.24, 2.45) is 5.73 Å². The number of rotatable bonds is 6. The molecule has 2 atom stereocenters. The molecule has 1 aliphatic heterocycles. The first-order chi connectivity index (χ1) is 7.27. The smallest absolute Gasteiger partial charge is 0.00926 e. The monoisotopic (exact) mass is 212 g/mol. The molecule has 1 heterocycles. The predicted molar refractivity (Wildman–Crippen MR) is 67.0 cm³/mol. The van der Waals surface area contributed by atoms with Crippen LogP contribution in [0.3, 0.4) is 0 Å². The highest BCUT2D eigenvalue weighted by molar-refractivity contribution is 4.76. The molecule has 1 aliphatic rings. The van der Waals surface area contributed by atoms with Crippen molar-refractivity contribution in [3.8, 4) is 0 Å². The van der Waals surface area contributed by atoms with Crippen LogP contribution in [0.25, 0.3) is 0 Å². The summed E-state index contributed by atoms with van der Waals surface area (Å²) in [4.78, 5) is 2.69. The van der Waals surface area contributed by atoms with E-state index in [0.29, 0.717) is 6.04 Å². The van der Waals surface area contributed by atoms with Crippen LogP contribution in [-0.4, -0.2) is 30.1 Å². The molecule has 0 radical (unpaired) electrons. The second-order valence-corrected chi connectivity index (χ2v) is 4.90. The Morgan fingerprint density at radius 2 is 2.13 bits per heavy atom. The fraction of sp³-hybridized carbons (Fsp3) is 1.00. The second kappa shape index (κ2) is 7.24. The Balaban J connectivity index is 2.17. The van der Waals surface area contributed by atoms with Crippen molar-refractivity contribution in [3.05, 3.63) is 0 Å². The highest BCUT2D eigenvalue weighted by Crippen LogP contribution is 2.19. The molecule has 0 spiro atoms. The molecular weight excluding hydrogens is 184 g/mol. The van der Waals surface area contributed by atoms with E-state index in [1.165, 1.54) is 51.6 Å². The van der Waals surface area contributed by atoms with Gasteiger partial charge >= 0.3 is 0 Å². The Morgan fingerprint density at radius 3 is 2.80 bits per heavy atom. The Labute approximate surface area is 95.2 Å². The number of hydrogen-bond acceptors (Lipinski definition) is 2. The molecule has 0 amide bonds. The highest BCUT2D eigenvalue weighted by atomic mass is 15.2. The van der Waals surface area contributed by atoms with E-state index in [2.05, 4.69) is 18.7 Å². The molecule has 1 saturated heterocycles. The van der Waals surface area contributed by atoms with Gasteiger partial charge < -0.3 is 10.6 Å². The van der Waals surface area contributed by atoms with Gasteiger partial charge in [-0.1, -0.05) is 20.3 Å². The topological polar surface area (TPSA) is 29.3 Å². The summed E-state index contributed by atoms with van der Waals surface area (Å²) < 4.78 is 0. The standard InChI is InChI=1S/C13H28N2/c1-3-12(14)8-7-11-15-10-6-5-9-13(15)4-2/h12-13H,3-11,14H2,1-2H3. The summed E-state index contributed by atoms with van der Waals surface area (Å²) in [5.74, 6) is 0. The summed E-state index contributed by atoms with van der Waals surface area (Å²) in [5.41, 5.74) is 5.94. The molecule has 0 aromatic carbocycles.